The highest BCUT2D eigenvalue weighted by molar-refractivity contribution is 7.22. The molecule has 1 N–H and O–H groups in total. The Morgan fingerprint density at radius 1 is 1.12 bits per heavy atom. The van der Waals surface area contributed by atoms with Gasteiger partial charge in [-0.2, -0.15) is 0 Å². The molecule has 0 saturated heterocycles. The van der Waals surface area contributed by atoms with Gasteiger partial charge in [-0.1, -0.05) is 41.2 Å². The van der Waals surface area contributed by atoms with E-state index in [1.54, 1.807) is 12.1 Å². The van der Waals surface area contributed by atoms with Crippen molar-refractivity contribution in [3.05, 3.63) is 53.6 Å². The van der Waals surface area contributed by atoms with Crippen molar-refractivity contribution in [1.29, 1.82) is 0 Å². The van der Waals surface area contributed by atoms with Crippen LogP contribution in [0.15, 0.2) is 42.5 Å². The lowest BCUT2D eigenvalue weighted by molar-refractivity contribution is -0.116. The second-order valence-corrected chi connectivity index (χ2v) is 6.95. The van der Waals surface area contributed by atoms with Gasteiger partial charge in [-0.15, -0.1) is 0 Å². The van der Waals surface area contributed by atoms with Crippen LogP contribution in [0.25, 0.3) is 10.2 Å². The molecule has 0 radical (unpaired) electrons. The van der Waals surface area contributed by atoms with E-state index in [1.807, 2.05) is 44.2 Å². The van der Waals surface area contributed by atoms with Gasteiger partial charge in [0.2, 0.25) is 5.91 Å². The predicted octanol–water partition coefficient (Wildman–Crippen LogP) is 4.61. The summed E-state index contributed by atoms with van der Waals surface area (Å²) >= 11 is 1.39. The third kappa shape index (κ3) is 4.46. The summed E-state index contributed by atoms with van der Waals surface area (Å²) in [6.07, 6.45) is 0.307. The summed E-state index contributed by atoms with van der Waals surface area (Å²) in [6.45, 7) is 4.50. The molecule has 0 aliphatic heterocycles. The molecule has 26 heavy (non-hydrogen) atoms. The molecule has 1 heterocycles. The molecule has 0 aliphatic rings. The van der Waals surface area contributed by atoms with Crippen molar-refractivity contribution in [2.24, 2.45) is 0 Å². The number of carbonyl (C=O) groups excluding carboxylic acids is 2. The van der Waals surface area contributed by atoms with Crippen molar-refractivity contribution < 1.29 is 14.3 Å². The van der Waals surface area contributed by atoms with E-state index in [9.17, 15) is 9.59 Å². The number of ether oxygens (including phenoxy) is 1. The molecule has 2 aromatic carbocycles. The molecule has 5 nitrogen and oxygen atoms in total. The third-order valence-corrected chi connectivity index (χ3v) is 4.80. The maximum atomic E-state index is 12.1. The second-order valence-electron chi connectivity index (χ2n) is 5.92. The number of fused-ring (bicyclic) bond motifs is 1. The van der Waals surface area contributed by atoms with E-state index in [4.69, 9.17) is 4.74 Å². The highest BCUT2D eigenvalue weighted by atomic mass is 32.1. The van der Waals surface area contributed by atoms with Gasteiger partial charge in [0.15, 0.2) is 10.9 Å². The van der Waals surface area contributed by atoms with Gasteiger partial charge < -0.3 is 10.1 Å². The van der Waals surface area contributed by atoms with Gasteiger partial charge in [0, 0.05) is 18.4 Å². The molecule has 3 rings (SSSR count). The molecule has 0 saturated carbocycles. The number of amides is 1. The number of rotatable bonds is 7. The van der Waals surface area contributed by atoms with E-state index < -0.39 is 0 Å². The lowest BCUT2D eigenvalue weighted by Gasteiger charge is -2.02. The molecule has 0 unspecified atom stereocenters. The summed E-state index contributed by atoms with van der Waals surface area (Å²) in [6, 6.07) is 13.0. The molecule has 0 aliphatic carbocycles. The number of ketones is 1. The smallest absolute Gasteiger partial charge is 0.226 e. The van der Waals surface area contributed by atoms with E-state index in [0.717, 1.165) is 21.5 Å². The number of nitrogens with zero attached hydrogens (tertiary/aromatic N) is 1. The lowest BCUT2D eigenvalue weighted by Crippen LogP contribution is -2.13. The molecular weight excluding hydrogens is 348 g/mol. The first kappa shape index (κ1) is 18.1. The first-order chi connectivity index (χ1) is 12.5. The van der Waals surface area contributed by atoms with Crippen LogP contribution in [-0.4, -0.2) is 23.3 Å². The fraction of sp³-hybridized carbons (Fsp3) is 0.250. The Bertz CT molecular complexity index is 932. The van der Waals surface area contributed by atoms with Gasteiger partial charge in [-0.3, -0.25) is 9.59 Å². The van der Waals surface area contributed by atoms with E-state index in [0.29, 0.717) is 17.3 Å². The second kappa shape index (κ2) is 8.10. The number of aromatic nitrogens is 1. The van der Waals surface area contributed by atoms with Crippen LogP contribution in [0.1, 0.15) is 35.7 Å². The van der Waals surface area contributed by atoms with Crippen LogP contribution in [0, 0.1) is 6.92 Å². The Labute approximate surface area is 156 Å². The largest absolute Gasteiger partial charge is 0.494 e. The summed E-state index contributed by atoms with van der Waals surface area (Å²) in [7, 11) is 0. The fourth-order valence-corrected chi connectivity index (χ4v) is 3.42. The normalized spacial score (nSPS) is 10.7. The van der Waals surface area contributed by atoms with Crippen LogP contribution in [0.3, 0.4) is 0 Å². The van der Waals surface area contributed by atoms with Crippen molar-refractivity contribution in [2.45, 2.75) is 26.7 Å². The molecule has 1 amide bonds. The minimum absolute atomic E-state index is 0.0363. The number of carbonyl (C=O) groups is 2. The van der Waals surface area contributed by atoms with Gasteiger partial charge in [0.25, 0.3) is 0 Å². The topological polar surface area (TPSA) is 68.3 Å². The number of thiazole rings is 1. The van der Waals surface area contributed by atoms with Crippen molar-refractivity contribution in [3.63, 3.8) is 0 Å². The fourth-order valence-electron chi connectivity index (χ4n) is 2.51. The number of Topliss-reactive ketones (excluding diaryl/α,β-unsaturated/α-hetero) is 1. The monoisotopic (exact) mass is 368 g/mol. The predicted molar refractivity (Wildman–Crippen MR) is 104 cm³/mol. The highest BCUT2D eigenvalue weighted by Gasteiger charge is 2.12. The van der Waals surface area contributed by atoms with Gasteiger partial charge in [0.05, 0.1) is 16.8 Å². The average Bonchev–Trinajstić information content (AvgIpc) is 3.02. The van der Waals surface area contributed by atoms with Crippen molar-refractivity contribution in [3.8, 4) is 5.75 Å². The Morgan fingerprint density at radius 2 is 1.88 bits per heavy atom. The van der Waals surface area contributed by atoms with E-state index in [2.05, 4.69) is 10.3 Å². The maximum absolute atomic E-state index is 12.1. The lowest BCUT2D eigenvalue weighted by atomic mass is 10.1. The van der Waals surface area contributed by atoms with Crippen LogP contribution < -0.4 is 10.1 Å². The summed E-state index contributed by atoms with van der Waals surface area (Å²) in [5, 5.41) is 3.30. The zero-order valence-corrected chi connectivity index (χ0v) is 15.6. The molecule has 0 bridgehead atoms. The van der Waals surface area contributed by atoms with Crippen molar-refractivity contribution in [2.75, 3.05) is 11.9 Å². The molecular formula is C20H20N2O3S. The maximum Gasteiger partial charge on any atom is 0.226 e. The molecule has 3 aromatic rings. The van der Waals surface area contributed by atoms with Gasteiger partial charge in [-0.25, -0.2) is 4.98 Å². The van der Waals surface area contributed by atoms with Crippen LogP contribution >= 0.6 is 11.3 Å². The number of hydrogen-bond acceptors (Lipinski definition) is 5. The number of hydrogen-bond donors (Lipinski definition) is 1. The number of benzene rings is 2. The SMILES string of the molecule is CCOc1ccc2nc(NC(=O)CCC(=O)c3ccc(C)cc3)sc2c1. The molecule has 0 atom stereocenters. The summed E-state index contributed by atoms with van der Waals surface area (Å²) < 4.78 is 6.42. The first-order valence-corrected chi connectivity index (χ1v) is 9.30. The van der Waals surface area contributed by atoms with Gasteiger partial charge >= 0.3 is 0 Å². The van der Waals surface area contributed by atoms with E-state index in [-0.39, 0.29) is 24.5 Å². The molecule has 134 valence electrons. The Balaban J connectivity index is 1.58. The van der Waals surface area contributed by atoms with E-state index >= 15 is 0 Å². The van der Waals surface area contributed by atoms with Crippen LogP contribution in [0.4, 0.5) is 5.13 Å². The molecule has 0 spiro atoms. The van der Waals surface area contributed by atoms with Crippen molar-refractivity contribution in [1.82, 2.24) is 4.98 Å². The average molecular weight is 368 g/mol. The standard InChI is InChI=1S/C20H20N2O3S/c1-3-25-15-8-9-16-18(12-15)26-20(21-16)22-19(24)11-10-17(23)14-6-4-13(2)5-7-14/h4-9,12H,3,10-11H2,1-2H3,(H,21,22,24). The zero-order valence-electron chi connectivity index (χ0n) is 14.7. The first-order valence-electron chi connectivity index (χ1n) is 8.48. The van der Waals surface area contributed by atoms with Crippen LogP contribution in [0.5, 0.6) is 5.75 Å². The number of anilines is 1. The summed E-state index contributed by atoms with van der Waals surface area (Å²) in [4.78, 5) is 28.7. The van der Waals surface area contributed by atoms with Gasteiger partial charge in [0.1, 0.15) is 5.75 Å². The summed E-state index contributed by atoms with van der Waals surface area (Å²) in [5.41, 5.74) is 2.54. The number of aryl methyl sites for hydroxylation is 1. The minimum atomic E-state index is -0.213. The Morgan fingerprint density at radius 3 is 2.62 bits per heavy atom. The van der Waals surface area contributed by atoms with Crippen LogP contribution in [0.2, 0.25) is 0 Å². The van der Waals surface area contributed by atoms with Crippen LogP contribution in [-0.2, 0) is 4.79 Å². The summed E-state index contributed by atoms with van der Waals surface area (Å²) in [5.74, 6) is 0.533. The molecule has 6 heteroatoms. The van der Waals surface area contributed by atoms with Crippen molar-refractivity contribution >= 4 is 38.4 Å². The minimum Gasteiger partial charge on any atom is -0.494 e. The van der Waals surface area contributed by atoms with Gasteiger partial charge in [-0.05, 0) is 32.0 Å². The third-order valence-electron chi connectivity index (χ3n) is 3.87. The highest BCUT2D eigenvalue weighted by Crippen LogP contribution is 2.29. The molecule has 0 fully saturated rings. The number of nitrogens with one attached hydrogen (secondary N) is 1. The Hall–Kier alpha value is -2.73. The van der Waals surface area contributed by atoms with E-state index in [1.165, 1.54) is 11.3 Å². The Kier molecular flexibility index (Phi) is 5.63. The quantitative estimate of drug-likeness (QED) is 0.619. The zero-order chi connectivity index (χ0) is 18.5. The molecule has 1 aromatic heterocycles.